The predicted molar refractivity (Wildman–Crippen MR) is 31.0 cm³/mol. The largest absolute Gasteiger partial charge is 0.144 e. The van der Waals surface area contributed by atoms with E-state index in [0.717, 1.165) is 12.2 Å². The van der Waals surface area contributed by atoms with Crippen LogP contribution in [0.5, 0.6) is 0 Å². The molecule has 0 atom stereocenters. The first-order chi connectivity index (χ1) is 3.43. The van der Waals surface area contributed by atoms with Crippen LogP contribution in [0, 0.1) is 4.91 Å². The van der Waals surface area contributed by atoms with E-state index in [4.69, 9.17) is 0 Å². The van der Waals surface area contributed by atoms with Gasteiger partial charge in [0, 0.05) is 5.75 Å². The minimum absolute atomic E-state index is 0.653. The van der Waals surface area contributed by atoms with E-state index in [1.807, 2.05) is 6.08 Å². The smallest absolute Gasteiger partial charge is 0.137 e. The van der Waals surface area contributed by atoms with Crippen molar-refractivity contribution in [2.45, 2.75) is 6.42 Å². The highest BCUT2D eigenvalue weighted by atomic mass is 32.2. The summed E-state index contributed by atoms with van der Waals surface area (Å²) in [5.74, 6) is 1.03. The van der Waals surface area contributed by atoms with Gasteiger partial charge in [0.25, 0.3) is 0 Å². The molecule has 0 fully saturated rings. The fourth-order valence-corrected chi connectivity index (χ4v) is 1.20. The van der Waals surface area contributed by atoms with Crippen LogP contribution in [-0.4, -0.2) is 5.75 Å². The SMILES string of the molecule is O=NC1=CCCS1. The van der Waals surface area contributed by atoms with Gasteiger partial charge in [-0.3, -0.25) is 0 Å². The van der Waals surface area contributed by atoms with Crippen molar-refractivity contribution in [2.24, 2.45) is 5.18 Å². The second-order valence-corrected chi connectivity index (χ2v) is 2.39. The summed E-state index contributed by atoms with van der Waals surface area (Å²) in [5.41, 5.74) is 0. The number of thioether (sulfide) groups is 1. The molecule has 0 saturated carbocycles. The predicted octanol–water partition coefficient (Wildman–Crippen LogP) is 1.73. The first kappa shape index (κ1) is 4.84. The van der Waals surface area contributed by atoms with Gasteiger partial charge in [0.15, 0.2) is 0 Å². The molecule has 1 rings (SSSR count). The Morgan fingerprint density at radius 3 is 3.00 bits per heavy atom. The Labute approximate surface area is 46.0 Å². The molecule has 0 amide bonds. The first-order valence-corrected chi connectivity index (χ1v) is 3.08. The molecule has 0 aromatic heterocycles. The highest BCUT2D eigenvalue weighted by Crippen LogP contribution is 2.24. The van der Waals surface area contributed by atoms with Gasteiger partial charge in [-0.05, 0) is 17.7 Å². The average Bonchev–Trinajstić information content (AvgIpc) is 2.14. The van der Waals surface area contributed by atoms with Crippen LogP contribution in [-0.2, 0) is 0 Å². The quantitative estimate of drug-likeness (QED) is 0.487. The van der Waals surface area contributed by atoms with E-state index in [9.17, 15) is 4.91 Å². The number of hydrogen-bond acceptors (Lipinski definition) is 3. The average molecular weight is 115 g/mol. The molecule has 0 saturated heterocycles. The fraction of sp³-hybridized carbons (Fsp3) is 0.500. The summed E-state index contributed by atoms with van der Waals surface area (Å²) in [6.45, 7) is 0. The van der Waals surface area contributed by atoms with Crippen molar-refractivity contribution in [1.29, 1.82) is 0 Å². The molecule has 0 bridgehead atoms. The van der Waals surface area contributed by atoms with Gasteiger partial charge in [-0.25, -0.2) is 0 Å². The van der Waals surface area contributed by atoms with Gasteiger partial charge in [-0.1, -0.05) is 0 Å². The molecular formula is C4H5NOS. The second kappa shape index (κ2) is 2.12. The first-order valence-electron chi connectivity index (χ1n) is 2.10. The van der Waals surface area contributed by atoms with Crippen LogP contribution < -0.4 is 0 Å². The Hall–Kier alpha value is -0.310. The third-order valence-corrected chi connectivity index (χ3v) is 1.75. The number of nitroso groups, excluding NO2 is 1. The number of allylic oxidation sites excluding steroid dienone is 1. The van der Waals surface area contributed by atoms with Crippen molar-refractivity contribution in [3.05, 3.63) is 16.0 Å². The Bertz CT molecular complexity index is 110. The van der Waals surface area contributed by atoms with Crippen LogP contribution in [0.25, 0.3) is 0 Å². The summed E-state index contributed by atoms with van der Waals surface area (Å²) in [5, 5.41) is 3.41. The molecule has 0 N–H and O–H groups in total. The molecule has 1 aliphatic heterocycles. The van der Waals surface area contributed by atoms with Gasteiger partial charge in [0.1, 0.15) is 5.03 Å². The summed E-state index contributed by atoms with van der Waals surface area (Å²) in [6, 6.07) is 0. The van der Waals surface area contributed by atoms with Gasteiger partial charge in [-0.2, -0.15) is 0 Å². The van der Waals surface area contributed by atoms with Crippen LogP contribution in [0.3, 0.4) is 0 Å². The fourth-order valence-electron chi connectivity index (χ4n) is 0.468. The van der Waals surface area contributed by atoms with E-state index in [-0.39, 0.29) is 0 Å². The lowest BCUT2D eigenvalue weighted by Crippen LogP contribution is -1.58. The van der Waals surface area contributed by atoms with Crippen molar-refractivity contribution in [1.82, 2.24) is 0 Å². The van der Waals surface area contributed by atoms with Gasteiger partial charge in [0.05, 0.1) is 0 Å². The molecule has 0 aromatic carbocycles. The van der Waals surface area contributed by atoms with Crippen LogP contribution >= 0.6 is 11.8 Å². The molecule has 7 heavy (non-hydrogen) atoms. The van der Waals surface area contributed by atoms with E-state index in [1.165, 1.54) is 11.8 Å². The number of rotatable bonds is 1. The zero-order valence-corrected chi connectivity index (χ0v) is 4.57. The van der Waals surface area contributed by atoms with E-state index in [1.54, 1.807) is 0 Å². The third kappa shape index (κ3) is 1.03. The maximum atomic E-state index is 9.67. The second-order valence-electron chi connectivity index (χ2n) is 1.27. The molecule has 0 unspecified atom stereocenters. The zero-order chi connectivity index (χ0) is 5.11. The zero-order valence-electron chi connectivity index (χ0n) is 3.76. The monoisotopic (exact) mass is 115 g/mol. The van der Waals surface area contributed by atoms with Crippen molar-refractivity contribution in [2.75, 3.05) is 5.75 Å². The highest BCUT2D eigenvalue weighted by Gasteiger charge is 2.02. The Kier molecular flexibility index (Phi) is 1.46. The van der Waals surface area contributed by atoms with Crippen LogP contribution in [0.15, 0.2) is 16.3 Å². The molecule has 0 aromatic rings. The normalized spacial score (nSPS) is 19.1. The van der Waals surface area contributed by atoms with Gasteiger partial charge < -0.3 is 0 Å². The van der Waals surface area contributed by atoms with Crippen LogP contribution in [0.1, 0.15) is 6.42 Å². The Balaban J connectivity index is 2.51. The van der Waals surface area contributed by atoms with Crippen molar-refractivity contribution in [3.63, 3.8) is 0 Å². The van der Waals surface area contributed by atoms with Crippen molar-refractivity contribution < 1.29 is 0 Å². The third-order valence-electron chi connectivity index (χ3n) is 0.777. The van der Waals surface area contributed by atoms with E-state index >= 15 is 0 Å². The summed E-state index contributed by atoms with van der Waals surface area (Å²) in [4.78, 5) is 9.67. The maximum Gasteiger partial charge on any atom is 0.137 e. The highest BCUT2D eigenvalue weighted by molar-refractivity contribution is 8.03. The van der Waals surface area contributed by atoms with E-state index in [2.05, 4.69) is 5.18 Å². The summed E-state index contributed by atoms with van der Waals surface area (Å²) in [7, 11) is 0. The van der Waals surface area contributed by atoms with Crippen molar-refractivity contribution in [3.8, 4) is 0 Å². The minimum Gasteiger partial charge on any atom is -0.144 e. The molecule has 1 heterocycles. The lowest BCUT2D eigenvalue weighted by atomic mass is 10.5. The molecule has 38 valence electrons. The summed E-state index contributed by atoms with van der Waals surface area (Å²) in [6.07, 6.45) is 2.86. The number of hydrogen-bond donors (Lipinski definition) is 0. The topological polar surface area (TPSA) is 29.4 Å². The van der Waals surface area contributed by atoms with Crippen LogP contribution in [0.2, 0.25) is 0 Å². The summed E-state index contributed by atoms with van der Waals surface area (Å²) < 4.78 is 0. The maximum absolute atomic E-state index is 9.67. The van der Waals surface area contributed by atoms with Crippen molar-refractivity contribution >= 4 is 11.8 Å². The lowest BCUT2D eigenvalue weighted by Gasteiger charge is -1.77. The number of nitrogens with zero attached hydrogens (tertiary/aromatic N) is 1. The van der Waals surface area contributed by atoms with Gasteiger partial charge in [-0.15, -0.1) is 16.7 Å². The Morgan fingerprint density at radius 2 is 2.71 bits per heavy atom. The van der Waals surface area contributed by atoms with E-state index in [0.29, 0.717) is 5.03 Å². The Morgan fingerprint density at radius 1 is 1.86 bits per heavy atom. The van der Waals surface area contributed by atoms with Gasteiger partial charge in [0.2, 0.25) is 0 Å². The summed E-state index contributed by atoms with van der Waals surface area (Å²) >= 11 is 1.52. The molecule has 2 nitrogen and oxygen atoms in total. The van der Waals surface area contributed by atoms with E-state index < -0.39 is 0 Å². The molecule has 0 radical (unpaired) electrons. The molecule has 0 spiro atoms. The molecule has 1 aliphatic rings. The van der Waals surface area contributed by atoms with Crippen LogP contribution in [0.4, 0.5) is 0 Å². The molecular weight excluding hydrogens is 110 g/mol. The standard InChI is InChI=1S/C4H5NOS/c6-5-4-2-1-3-7-4/h2H,1,3H2. The van der Waals surface area contributed by atoms with Gasteiger partial charge >= 0.3 is 0 Å². The molecule has 0 aliphatic carbocycles. The minimum atomic E-state index is 0.653. The lowest BCUT2D eigenvalue weighted by molar-refractivity contribution is 1.26. The molecule has 3 heteroatoms.